The molecule has 0 bridgehead atoms. The summed E-state index contributed by atoms with van der Waals surface area (Å²) < 4.78 is 5.56. The third kappa shape index (κ3) is 6.97. The van der Waals surface area contributed by atoms with Crippen molar-refractivity contribution in [1.29, 1.82) is 0 Å². The monoisotopic (exact) mass is 273 g/mol. The van der Waals surface area contributed by atoms with E-state index >= 15 is 0 Å². The second-order valence-electron chi connectivity index (χ2n) is 4.52. The molecular weight excluding hydrogens is 250 g/mol. The lowest BCUT2D eigenvalue weighted by molar-refractivity contribution is -0.137. The first-order valence-electron chi connectivity index (χ1n) is 6.69. The fourth-order valence-corrected chi connectivity index (χ4v) is 1.90. The van der Waals surface area contributed by atoms with Crippen molar-refractivity contribution >= 4 is 12.0 Å². The van der Waals surface area contributed by atoms with Crippen molar-refractivity contribution < 1.29 is 19.4 Å². The zero-order chi connectivity index (χ0) is 14.1. The van der Waals surface area contributed by atoms with Crippen molar-refractivity contribution in [3.8, 4) is 0 Å². The number of aliphatic carboxylic acids is 1. The lowest BCUT2D eigenvalue weighted by atomic mass is 10.2. The van der Waals surface area contributed by atoms with Crippen LogP contribution in [-0.4, -0.2) is 67.4 Å². The molecule has 0 aromatic rings. The van der Waals surface area contributed by atoms with Crippen LogP contribution < -0.4 is 10.6 Å². The van der Waals surface area contributed by atoms with E-state index in [9.17, 15) is 9.59 Å². The molecule has 1 saturated heterocycles. The molecule has 0 aromatic carbocycles. The van der Waals surface area contributed by atoms with Crippen molar-refractivity contribution in [3.63, 3.8) is 0 Å². The van der Waals surface area contributed by atoms with Crippen molar-refractivity contribution in [1.82, 2.24) is 15.5 Å². The number of carbonyl (C=O) groups is 2. The summed E-state index contributed by atoms with van der Waals surface area (Å²) in [4.78, 5) is 24.0. The van der Waals surface area contributed by atoms with E-state index in [1.165, 1.54) is 0 Å². The van der Waals surface area contributed by atoms with Gasteiger partial charge in [0.15, 0.2) is 0 Å². The van der Waals surface area contributed by atoms with Crippen molar-refractivity contribution in [2.24, 2.45) is 0 Å². The normalized spacial score (nSPS) is 19.9. The van der Waals surface area contributed by atoms with Crippen LogP contribution in [0.3, 0.4) is 0 Å². The highest BCUT2D eigenvalue weighted by molar-refractivity contribution is 5.73. The zero-order valence-electron chi connectivity index (χ0n) is 11.4. The second kappa shape index (κ2) is 8.71. The minimum Gasteiger partial charge on any atom is -0.481 e. The first-order chi connectivity index (χ1) is 9.11. The van der Waals surface area contributed by atoms with Crippen LogP contribution in [0.2, 0.25) is 0 Å². The van der Waals surface area contributed by atoms with Gasteiger partial charge in [-0.15, -0.1) is 0 Å². The molecule has 7 nitrogen and oxygen atoms in total. The molecule has 7 heteroatoms. The number of ether oxygens (including phenoxy) is 1. The van der Waals surface area contributed by atoms with Gasteiger partial charge in [0.2, 0.25) is 0 Å². The number of carboxylic acids is 1. The first kappa shape index (κ1) is 15.7. The van der Waals surface area contributed by atoms with Gasteiger partial charge in [-0.1, -0.05) is 6.92 Å². The summed E-state index contributed by atoms with van der Waals surface area (Å²) in [6.45, 7) is 6.39. The van der Waals surface area contributed by atoms with E-state index in [0.29, 0.717) is 26.1 Å². The van der Waals surface area contributed by atoms with Crippen LogP contribution in [0.15, 0.2) is 0 Å². The van der Waals surface area contributed by atoms with E-state index in [4.69, 9.17) is 9.84 Å². The van der Waals surface area contributed by atoms with Crippen molar-refractivity contribution in [2.75, 3.05) is 39.3 Å². The van der Waals surface area contributed by atoms with Crippen LogP contribution in [0.25, 0.3) is 0 Å². The molecule has 1 aliphatic heterocycles. The SMILES string of the molecule is CCN1CCOC(CNC(=O)NCCCC(=O)O)C1. The van der Waals surface area contributed by atoms with Gasteiger partial charge in [-0.2, -0.15) is 0 Å². The Morgan fingerprint density at radius 1 is 1.42 bits per heavy atom. The fraction of sp³-hybridized carbons (Fsp3) is 0.833. The van der Waals surface area contributed by atoms with Crippen LogP contribution in [0.5, 0.6) is 0 Å². The Morgan fingerprint density at radius 2 is 2.21 bits per heavy atom. The van der Waals surface area contributed by atoms with Gasteiger partial charge >= 0.3 is 12.0 Å². The zero-order valence-corrected chi connectivity index (χ0v) is 11.4. The maximum Gasteiger partial charge on any atom is 0.314 e. The Kier molecular flexibility index (Phi) is 7.20. The third-order valence-electron chi connectivity index (χ3n) is 3.01. The van der Waals surface area contributed by atoms with Gasteiger partial charge in [-0.05, 0) is 13.0 Å². The molecule has 1 unspecified atom stereocenters. The lowest BCUT2D eigenvalue weighted by Gasteiger charge is -2.32. The highest BCUT2D eigenvalue weighted by atomic mass is 16.5. The number of amides is 2. The molecule has 2 amide bonds. The van der Waals surface area contributed by atoms with Crippen LogP contribution in [-0.2, 0) is 9.53 Å². The average molecular weight is 273 g/mol. The number of urea groups is 1. The molecule has 3 N–H and O–H groups in total. The summed E-state index contributed by atoms with van der Waals surface area (Å²) in [5.74, 6) is -0.850. The number of carboxylic acid groups (broad SMARTS) is 1. The molecule has 0 radical (unpaired) electrons. The van der Waals surface area contributed by atoms with E-state index < -0.39 is 5.97 Å². The van der Waals surface area contributed by atoms with Gasteiger partial charge in [0, 0.05) is 32.6 Å². The van der Waals surface area contributed by atoms with Gasteiger partial charge in [-0.3, -0.25) is 9.69 Å². The van der Waals surface area contributed by atoms with Crippen molar-refractivity contribution in [3.05, 3.63) is 0 Å². The molecule has 1 fully saturated rings. The largest absolute Gasteiger partial charge is 0.481 e. The molecule has 110 valence electrons. The Labute approximate surface area is 113 Å². The molecule has 1 atom stereocenters. The molecule has 0 saturated carbocycles. The summed E-state index contributed by atoms with van der Waals surface area (Å²) in [6.07, 6.45) is 0.530. The Hall–Kier alpha value is -1.34. The second-order valence-corrected chi connectivity index (χ2v) is 4.52. The Morgan fingerprint density at radius 3 is 2.89 bits per heavy atom. The topological polar surface area (TPSA) is 90.9 Å². The fourth-order valence-electron chi connectivity index (χ4n) is 1.90. The summed E-state index contributed by atoms with van der Waals surface area (Å²) in [5, 5.41) is 13.8. The number of carbonyl (C=O) groups excluding carboxylic acids is 1. The molecule has 1 aliphatic rings. The number of nitrogens with one attached hydrogen (secondary N) is 2. The Bertz CT molecular complexity index is 299. The Balaban J connectivity index is 2.07. The maximum absolute atomic E-state index is 11.4. The molecule has 1 heterocycles. The number of hydrogen-bond donors (Lipinski definition) is 3. The van der Waals surface area contributed by atoms with E-state index in [-0.39, 0.29) is 18.6 Å². The minimum atomic E-state index is -0.850. The van der Waals surface area contributed by atoms with E-state index in [2.05, 4.69) is 22.5 Å². The summed E-state index contributed by atoms with van der Waals surface area (Å²) in [6, 6.07) is -0.275. The van der Waals surface area contributed by atoms with Crippen LogP contribution in [0, 0.1) is 0 Å². The van der Waals surface area contributed by atoms with Gasteiger partial charge in [0.05, 0.1) is 12.7 Å². The van der Waals surface area contributed by atoms with Gasteiger partial charge in [0.25, 0.3) is 0 Å². The van der Waals surface area contributed by atoms with Crippen molar-refractivity contribution in [2.45, 2.75) is 25.9 Å². The van der Waals surface area contributed by atoms with Gasteiger partial charge in [-0.25, -0.2) is 4.79 Å². The van der Waals surface area contributed by atoms with Crippen LogP contribution >= 0.6 is 0 Å². The van der Waals surface area contributed by atoms with Crippen LogP contribution in [0.1, 0.15) is 19.8 Å². The standard InChI is InChI=1S/C12H23N3O4/c1-2-15-6-7-19-10(9-15)8-14-12(18)13-5-3-4-11(16)17/h10H,2-9H2,1H3,(H,16,17)(H2,13,14,18). The highest BCUT2D eigenvalue weighted by Gasteiger charge is 2.19. The smallest absolute Gasteiger partial charge is 0.314 e. The summed E-state index contributed by atoms with van der Waals surface area (Å²) in [7, 11) is 0. The molecular formula is C12H23N3O4. The summed E-state index contributed by atoms with van der Waals surface area (Å²) in [5.41, 5.74) is 0. The first-order valence-corrected chi connectivity index (χ1v) is 6.69. The predicted molar refractivity (Wildman–Crippen MR) is 70.1 cm³/mol. The molecule has 19 heavy (non-hydrogen) atoms. The van der Waals surface area contributed by atoms with Gasteiger partial charge in [0.1, 0.15) is 0 Å². The summed E-state index contributed by atoms with van der Waals surface area (Å²) >= 11 is 0. The number of nitrogens with zero attached hydrogens (tertiary/aromatic N) is 1. The maximum atomic E-state index is 11.4. The predicted octanol–water partition coefficient (Wildman–Crippen LogP) is -0.129. The van der Waals surface area contributed by atoms with E-state index in [1.807, 2.05) is 0 Å². The number of rotatable bonds is 7. The molecule has 1 rings (SSSR count). The minimum absolute atomic E-state index is 0.0264. The van der Waals surface area contributed by atoms with E-state index in [0.717, 1.165) is 19.6 Å². The number of likely N-dealkylation sites (N-methyl/N-ethyl adjacent to an activating group) is 1. The van der Waals surface area contributed by atoms with E-state index in [1.54, 1.807) is 0 Å². The van der Waals surface area contributed by atoms with Crippen LogP contribution in [0.4, 0.5) is 4.79 Å². The third-order valence-corrected chi connectivity index (χ3v) is 3.01. The average Bonchev–Trinajstić information content (AvgIpc) is 2.41. The highest BCUT2D eigenvalue weighted by Crippen LogP contribution is 2.03. The number of morpholine rings is 1. The molecule has 0 aromatic heterocycles. The lowest BCUT2D eigenvalue weighted by Crippen LogP contribution is -2.49. The number of hydrogen-bond acceptors (Lipinski definition) is 4. The quantitative estimate of drug-likeness (QED) is 0.562. The van der Waals surface area contributed by atoms with Gasteiger partial charge < -0.3 is 20.5 Å². The molecule has 0 spiro atoms. The molecule has 0 aliphatic carbocycles.